The van der Waals surface area contributed by atoms with Crippen LogP contribution in [0.3, 0.4) is 0 Å². The third-order valence-electron chi connectivity index (χ3n) is 2.30. The fraction of sp³-hybridized carbons (Fsp3) is 0.417. The van der Waals surface area contributed by atoms with E-state index in [1.165, 1.54) is 6.92 Å². The van der Waals surface area contributed by atoms with Crippen molar-refractivity contribution in [3.63, 3.8) is 0 Å². The quantitative estimate of drug-likeness (QED) is 0.513. The van der Waals surface area contributed by atoms with Crippen LogP contribution in [0.2, 0.25) is 0 Å². The number of nitrogens with one attached hydrogen (secondary N) is 2. The van der Waals surface area contributed by atoms with Crippen molar-refractivity contribution in [3.05, 3.63) is 18.2 Å². The molecule has 1 rings (SSSR count). The summed E-state index contributed by atoms with van der Waals surface area (Å²) in [6, 6.07) is 5.47. The van der Waals surface area contributed by atoms with Crippen molar-refractivity contribution in [1.29, 1.82) is 0 Å². The van der Waals surface area contributed by atoms with E-state index < -0.39 is 0 Å². The molecule has 1 amide bonds. The third-order valence-corrected chi connectivity index (χ3v) is 2.30. The molecule has 0 aliphatic rings. The predicted molar refractivity (Wildman–Crippen MR) is 69.2 cm³/mol. The zero-order valence-corrected chi connectivity index (χ0v) is 10.2. The second-order valence-electron chi connectivity index (χ2n) is 3.72. The average Bonchev–Trinajstić information content (AvgIpc) is 2.30. The fourth-order valence-corrected chi connectivity index (χ4v) is 1.39. The highest BCUT2D eigenvalue weighted by molar-refractivity contribution is 5.72. The average molecular weight is 237 g/mol. The van der Waals surface area contributed by atoms with Gasteiger partial charge in [0.1, 0.15) is 5.75 Å². The Labute approximate surface area is 101 Å². The normalized spacial score (nSPS) is 9.76. The summed E-state index contributed by atoms with van der Waals surface area (Å²) in [6.45, 7) is 2.91. The number of benzene rings is 1. The van der Waals surface area contributed by atoms with Crippen molar-refractivity contribution in [2.24, 2.45) is 0 Å². The Morgan fingerprint density at radius 3 is 2.82 bits per heavy atom. The minimum Gasteiger partial charge on any atom is -0.497 e. The van der Waals surface area contributed by atoms with Crippen molar-refractivity contribution in [1.82, 2.24) is 5.32 Å². The summed E-state index contributed by atoms with van der Waals surface area (Å²) < 4.78 is 5.12. The Bertz CT molecular complexity index is 380. The summed E-state index contributed by atoms with van der Waals surface area (Å²) in [7, 11) is 1.62. The maximum Gasteiger partial charge on any atom is 0.216 e. The van der Waals surface area contributed by atoms with Crippen LogP contribution >= 0.6 is 0 Å². The molecule has 0 bridgehead atoms. The van der Waals surface area contributed by atoms with E-state index >= 15 is 0 Å². The topological polar surface area (TPSA) is 76.4 Å². The van der Waals surface area contributed by atoms with Crippen molar-refractivity contribution in [2.75, 3.05) is 31.2 Å². The number of hydrogen-bond acceptors (Lipinski definition) is 4. The Morgan fingerprint density at radius 2 is 2.18 bits per heavy atom. The van der Waals surface area contributed by atoms with Crippen LogP contribution in [0.1, 0.15) is 13.3 Å². The lowest BCUT2D eigenvalue weighted by Gasteiger charge is -2.10. The first-order valence-corrected chi connectivity index (χ1v) is 5.55. The SMILES string of the molecule is COc1ccc(N)c(NCCCNC(C)=O)c1. The Kier molecular flexibility index (Phi) is 5.13. The van der Waals surface area contributed by atoms with Gasteiger partial charge < -0.3 is 21.1 Å². The van der Waals surface area contributed by atoms with Crippen molar-refractivity contribution >= 4 is 17.3 Å². The number of nitrogens with two attached hydrogens (primary N) is 1. The van der Waals surface area contributed by atoms with Gasteiger partial charge in [0.15, 0.2) is 0 Å². The Balaban J connectivity index is 2.38. The lowest BCUT2D eigenvalue weighted by molar-refractivity contribution is -0.118. The predicted octanol–water partition coefficient (Wildman–Crippen LogP) is 1.22. The number of amides is 1. The van der Waals surface area contributed by atoms with Crippen LogP contribution in [-0.2, 0) is 4.79 Å². The van der Waals surface area contributed by atoms with E-state index in [2.05, 4.69) is 10.6 Å². The molecular weight excluding hydrogens is 218 g/mol. The first kappa shape index (κ1) is 13.2. The molecule has 0 radical (unpaired) electrons. The van der Waals surface area contributed by atoms with Gasteiger partial charge in [-0.25, -0.2) is 0 Å². The van der Waals surface area contributed by atoms with Gasteiger partial charge in [0, 0.05) is 26.1 Å². The first-order valence-electron chi connectivity index (χ1n) is 5.55. The lowest BCUT2D eigenvalue weighted by Crippen LogP contribution is -2.22. The molecule has 5 heteroatoms. The zero-order valence-electron chi connectivity index (χ0n) is 10.2. The molecule has 0 spiro atoms. The molecule has 5 nitrogen and oxygen atoms in total. The van der Waals surface area contributed by atoms with Crippen LogP contribution in [0.15, 0.2) is 18.2 Å². The number of anilines is 2. The summed E-state index contributed by atoms with van der Waals surface area (Å²) in [6.07, 6.45) is 0.843. The smallest absolute Gasteiger partial charge is 0.216 e. The molecule has 1 aromatic rings. The van der Waals surface area contributed by atoms with Crippen LogP contribution in [0.4, 0.5) is 11.4 Å². The molecule has 0 aliphatic heterocycles. The molecule has 0 unspecified atom stereocenters. The standard InChI is InChI=1S/C12H19N3O2/c1-9(16)14-6-3-7-15-12-8-10(17-2)4-5-11(12)13/h4-5,8,15H,3,6-7,13H2,1-2H3,(H,14,16). The number of methoxy groups -OCH3 is 1. The first-order chi connectivity index (χ1) is 8.13. The highest BCUT2D eigenvalue weighted by Gasteiger charge is 2.00. The highest BCUT2D eigenvalue weighted by atomic mass is 16.5. The number of carbonyl (C=O) groups excluding carboxylic acids is 1. The highest BCUT2D eigenvalue weighted by Crippen LogP contribution is 2.24. The van der Waals surface area contributed by atoms with E-state index in [9.17, 15) is 4.79 Å². The van der Waals surface area contributed by atoms with E-state index in [-0.39, 0.29) is 5.91 Å². The molecule has 4 N–H and O–H groups in total. The number of nitrogen functional groups attached to an aromatic ring is 1. The summed E-state index contributed by atoms with van der Waals surface area (Å²) >= 11 is 0. The van der Waals surface area contributed by atoms with E-state index in [1.807, 2.05) is 12.1 Å². The second-order valence-corrected chi connectivity index (χ2v) is 3.72. The molecule has 0 aliphatic carbocycles. The van der Waals surface area contributed by atoms with Crippen LogP contribution in [-0.4, -0.2) is 26.1 Å². The molecule has 0 saturated heterocycles. The minimum atomic E-state index is -0.00843. The van der Waals surface area contributed by atoms with Crippen LogP contribution < -0.4 is 21.1 Å². The number of rotatable bonds is 6. The minimum absolute atomic E-state index is 0.00843. The Morgan fingerprint density at radius 1 is 1.41 bits per heavy atom. The molecule has 0 saturated carbocycles. The molecule has 17 heavy (non-hydrogen) atoms. The van der Waals surface area contributed by atoms with Gasteiger partial charge in [0.2, 0.25) is 5.91 Å². The number of carbonyl (C=O) groups is 1. The molecule has 0 heterocycles. The second kappa shape index (κ2) is 6.62. The zero-order chi connectivity index (χ0) is 12.7. The molecule has 0 atom stereocenters. The third kappa shape index (κ3) is 4.63. The molecule has 0 aromatic heterocycles. The molecule has 94 valence electrons. The summed E-state index contributed by atoms with van der Waals surface area (Å²) in [5.41, 5.74) is 7.36. The van der Waals surface area contributed by atoms with Gasteiger partial charge in [-0.1, -0.05) is 0 Å². The largest absolute Gasteiger partial charge is 0.497 e. The van der Waals surface area contributed by atoms with Crippen LogP contribution in [0, 0.1) is 0 Å². The molecule has 1 aromatic carbocycles. The number of hydrogen-bond donors (Lipinski definition) is 3. The monoisotopic (exact) mass is 237 g/mol. The summed E-state index contributed by atoms with van der Waals surface area (Å²) in [5, 5.41) is 5.94. The van der Waals surface area contributed by atoms with E-state index in [1.54, 1.807) is 13.2 Å². The van der Waals surface area contributed by atoms with Gasteiger partial charge in [-0.15, -0.1) is 0 Å². The summed E-state index contributed by atoms with van der Waals surface area (Å²) in [5.74, 6) is 0.759. The fourth-order valence-electron chi connectivity index (χ4n) is 1.39. The van der Waals surface area contributed by atoms with Crippen molar-refractivity contribution in [3.8, 4) is 5.75 Å². The lowest BCUT2D eigenvalue weighted by atomic mass is 10.2. The van der Waals surface area contributed by atoms with Crippen LogP contribution in [0.25, 0.3) is 0 Å². The molecule has 0 fully saturated rings. The van der Waals surface area contributed by atoms with Crippen molar-refractivity contribution in [2.45, 2.75) is 13.3 Å². The van der Waals surface area contributed by atoms with Gasteiger partial charge >= 0.3 is 0 Å². The molecular formula is C12H19N3O2. The van der Waals surface area contributed by atoms with Crippen LogP contribution in [0.5, 0.6) is 5.75 Å². The van der Waals surface area contributed by atoms with Gasteiger partial charge in [0.25, 0.3) is 0 Å². The maximum absolute atomic E-state index is 10.6. The van der Waals surface area contributed by atoms with E-state index in [0.29, 0.717) is 12.2 Å². The maximum atomic E-state index is 10.6. The van der Waals surface area contributed by atoms with E-state index in [4.69, 9.17) is 10.5 Å². The van der Waals surface area contributed by atoms with Gasteiger partial charge in [-0.05, 0) is 18.6 Å². The Hall–Kier alpha value is -1.91. The van der Waals surface area contributed by atoms with E-state index in [0.717, 1.165) is 24.4 Å². The van der Waals surface area contributed by atoms with Gasteiger partial charge in [-0.3, -0.25) is 4.79 Å². The van der Waals surface area contributed by atoms with Gasteiger partial charge in [0.05, 0.1) is 18.5 Å². The van der Waals surface area contributed by atoms with Crippen molar-refractivity contribution < 1.29 is 9.53 Å². The van der Waals surface area contributed by atoms with Gasteiger partial charge in [-0.2, -0.15) is 0 Å². The number of ether oxygens (including phenoxy) is 1. The summed E-state index contributed by atoms with van der Waals surface area (Å²) in [4.78, 5) is 10.6.